The number of pyridine rings is 1. The number of aryl methyl sites for hydroxylation is 1. The number of hydrogen-bond donors (Lipinski definition) is 1. The summed E-state index contributed by atoms with van der Waals surface area (Å²) in [5.74, 6) is 0.153. The zero-order valence-corrected chi connectivity index (χ0v) is 13.5. The fraction of sp³-hybridized carbons (Fsp3) is 0.368. The lowest BCUT2D eigenvalue weighted by Gasteiger charge is -2.32. The largest absolute Gasteiger partial charge is 0.324 e. The summed E-state index contributed by atoms with van der Waals surface area (Å²) in [6, 6.07) is 12.2. The van der Waals surface area contributed by atoms with Crippen LogP contribution in [0.15, 0.2) is 48.8 Å². The summed E-state index contributed by atoms with van der Waals surface area (Å²) in [5, 5.41) is 2.98. The molecule has 1 amide bonds. The van der Waals surface area contributed by atoms with Crippen LogP contribution in [0.4, 0.5) is 5.69 Å². The third kappa shape index (κ3) is 4.17. The van der Waals surface area contributed by atoms with Gasteiger partial charge in [0.2, 0.25) is 5.91 Å². The number of likely N-dealkylation sites (tertiary alicyclic amines) is 1. The molecule has 4 nitrogen and oxygen atoms in total. The number of nitrogens with one attached hydrogen (secondary N) is 1. The van der Waals surface area contributed by atoms with Crippen LogP contribution in [-0.2, 0) is 11.3 Å². The van der Waals surface area contributed by atoms with Crippen molar-refractivity contribution in [3.05, 3.63) is 59.9 Å². The van der Waals surface area contributed by atoms with E-state index in [1.54, 1.807) is 12.4 Å². The Morgan fingerprint density at radius 3 is 2.96 bits per heavy atom. The standard InChI is InChI=1S/C19H23N3O/c1-15-6-2-3-7-16(15)13-22-11-5-8-17(14-22)19(23)21-18-9-4-10-20-12-18/h2-4,6-7,9-10,12,17H,5,8,11,13-14H2,1H3,(H,21,23). The summed E-state index contributed by atoms with van der Waals surface area (Å²) in [6.07, 6.45) is 5.42. The molecule has 2 aromatic rings. The summed E-state index contributed by atoms with van der Waals surface area (Å²) in [6.45, 7) is 4.95. The van der Waals surface area contributed by atoms with Crippen LogP contribution in [-0.4, -0.2) is 28.9 Å². The van der Waals surface area contributed by atoms with Gasteiger partial charge in [-0.25, -0.2) is 0 Å². The second-order valence-corrected chi connectivity index (χ2v) is 6.23. The Balaban J connectivity index is 1.59. The minimum Gasteiger partial charge on any atom is -0.324 e. The SMILES string of the molecule is Cc1ccccc1CN1CCCC(C(=O)Nc2cccnc2)C1. The first-order chi connectivity index (χ1) is 11.2. The maximum Gasteiger partial charge on any atom is 0.228 e. The second kappa shape index (κ2) is 7.38. The fourth-order valence-electron chi connectivity index (χ4n) is 3.12. The number of benzene rings is 1. The molecule has 1 saturated heterocycles. The third-order valence-corrected chi connectivity index (χ3v) is 4.46. The van der Waals surface area contributed by atoms with Crippen molar-refractivity contribution in [3.8, 4) is 0 Å². The highest BCUT2D eigenvalue weighted by Crippen LogP contribution is 2.21. The van der Waals surface area contributed by atoms with Crippen LogP contribution in [0.1, 0.15) is 24.0 Å². The van der Waals surface area contributed by atoms with Gasteiger partial charge < -0.3 is 5.32 Å². The van der Waals surface area contributed by atoms with E-state index in [2.05, 4.69) is 46.4 Å². The molecule has 1 aromatic heterocycles. The monoisotopic (exact) mass is 309 g/mol. The van der Waals surface area contributed by atoms with Crippen LogP contribution in [0.5, 0.6) is 0 Å². The van der Waals surface area contributed by atoms with Crippen LogP contribution in [0.2, 0.25) is 0 Å². The molecule has 4 heteroatoms. The van der Waals surface area contributed by atoms with Gasteiger partial charge in [0.15, 0.2) is 0 Å². The predicted molar refractivity (Wildman–Crippen MR) is 92.0 cm³/mol. The van der Waals surface area contributed by atoms with Crippen molar-refractivity contribution < 1.29 is 4.79 Å². The van der Waals surface area contributed by atoms with Crippen molar-refractivity contribution in [1.29, 1.82) is 0 Å². The zero-order valence-electron chi connectivity index (χ0n) is 13.5. The number of rotatable bonds is 4. The average molecular weight is 309 g/mol. The van der Waals surface area contributed by atoms with Crippen LogP contribution >= 0.6 is 0 Å². The summed E-state index contributed by atoms with van der Waals surface area (Å²) in [4.78, 5) is 18.9. The zero-order chi connectivity index (χ0) is 16.1. The van der Waals surface area contributed by atoms with Gasteiger partial charge in [-0.1, -0.05) is 24.3 Å². The van der Waals surface area contributed by atoms with Gasteiger partial charge in [-0.3, -0.25) is 14.7 Å². The molecular formula is C19H23N3O. The molecule has 3 rings (SSSR count). The van der Waals surface area contributed by atoms with E-state index in [9.17, 15) is 4.79 Å². The molecule has 0 saturated carbocycles. The van der Waals surface area contributed by atoms with Crippen molar-refractivity contribution >= 4 is 11.6 Å². The van der Waals surface area contributed by atoms with Crippen LogP contribution in [0.3, 0.4) is 0 Å². The highest BCUT2D eigenvalue weighted by molar-refractivity contribution is 5.92. The average Bonchev–Trinajstić information content (AvgIpc) is 2.58. The lowest BCUT2D eigenvalue weighted by atomic mass is 9.96. The van der Waals surface area contributed by atoms with Crippen LogP contribution in [0.25, 0.3) is 0 Å². The Labute approximate surface area is 137 Å². The first-order valence-corrected chi connectivity index (χ1v) is 8.20. The third-order valence-electron chi connectivity index (χ3n) is 4.46. The Morgan fingerprint density at radius 1 is 1.30 bits per heavy atom. The molecule has 0 spiro atoms. The molecule has 1 aromatic carbocycles. The van der Waals surface area contributed by atoms with E-state index in [-0.39, 0.29) is 11.8 Å². The number of amides is 1. The smallest absolute Gasteiger partial charge is 0.228 e. The van der Waals surface area contributed by atoms with Gasteiger partial charge in [0.1, 0.15) is 0 Å². The van der Waals surface area contributed by atoms with Gasteiger partial charge in [0, 0.05) is 19.3 Å². The van der Waals surface area contributed by atoms with Gasteiger partial charge >= 0.3 is 0 Å². The number of carbonyl (C=O) groups is 1. The van der Waals surface area contributed by atoms with E-state index in [1.807, 2.05) is 12.1 Å². The number of anilines is 1. The summed E-state index contributed by atoms with van der Waals surface area (Å²) < 4.78 is 0. The molecule has 1 fully saturated rings. The summed E-state index contributed by atoms with van der Waals surface area (Å²) >= 11 is 0. The van der Waals surface area contributed by atoms with Gasteiger partial charge in [-0.2, -0.15) is 0 Å². The first-order valence-electron chi connectivity index (χ1n) is 8.20. The minimum atomic E-state index is 0.0491. The predicted octanol–water partition coefficient (Wildman–Crippen LogP) is 3.24. The highest BCUT2D eigenvalue weighted by atomic mass is 16.1. The Bertz CT molecular complexity index is 657. The maximum absolute atomic E-state index is 12.5. The molecule has 1 aliphatic rings. The molecule has 0 radical (unpaired) electrons. The van der Waals surface area contributed by atoms with Gasteiger partial charge in [-0.05, 0) is 49.6 Å². The molecule has 0 aliphatic carbocycles. The maximum atomic E-state index is 12.5. The minimum absolute atomic E-state index is 0.0491. The lowest BCUT2D eigenvalue weighted by molar-refractivity contribution is -0.121. The number of aromatic nitrogens is 1. The van der Waals surface area contributed by atoms with E-state index in [1.165, 1.54) is 11.1 Å². The molecular weight excluding hydrogens is 286 g/mol. The molecule has 0 bridgehead atoms. The molecule has 1 aliphatic heterocycles. The topological polar surface area (TPSA) is 45.2 Å². The first kappa shape index (κ1) is 15.7. The molecule has 1 N–H and O–H groups in total. The Kier molecular flexibility index (Phi) is 5.03. The van der Waals surface area contributed by atoms with Crippen LogP contribution in [0, 0.1) is 12.8 Å². The fourth-order valence-corrected chi connectivity index (χ4v) is 3.12. The normalized spacial score (nSPS) is 18.6. The van der Waals surface area contributed by atoms with Gasteiger partial charge in [0.05, 0.1) is 17.8 Å². The van der Waals surface area contributed by atoms with E-state index in [0.29, 0.717) is 0 Å². The lowest BCUT2D eigenvalue weighted by Crippen LogP contribution is -2.40. The van der Waals surface area contributed by atoms with Crippen LogP contribution < -0.4 is 5.32 Å². The van der Waals surface area contributed by atoms with E-state index in [0.717, 1.165) is 38.2 Å². The van der Waals surface area contributed by atoms with Crippen molar-refractivity contribution in [1.82, 2.24) is 9.88 Å². The number of nitrogens with zero attached hydrogens (tertiary/aromatic N) is 2. The molecule has 23 heavy (non-hydrogen) atoms. The van der Waals surface area contributed by atoms with Crippen molar-refractivity contribution in [3.63, 3.8) is 0 Å². The summed E-state index contributed by atoms with van der Waals surface area (Å²) in [7, 11) is 0. The van der Waals surface area contributed by atoms with Gasteiger partial charge in [-0.15, -0.1) is 0 Å². The van der Waals surface area contributed by atoms with E-state index in [4.69, 9.17) is 0 Å². The highest BCUT2D eigenvalue weighted by Gasteiger charge is 2.26. The number of carbonyl (C=O) groups excluding carboxylic acids is 1. The van der Waals surface area contributed by atoms with Crippen molar-refractivity contribution in [2.45, 2.75) is 26.3 Å². The quantitative estimate of drug-likeness (QED) is 0.943. The molecule has 120 valence electrons. The van der Waals surface area contributed by atoms with Crippen molar-refractivity contribution in [2.24, 2.45) is 5.92 Å². The Hall–Kier alpha value is -2.20. The Morgan fingerprint density at radius 2 is 2.17 bits per heavy atom. The molecule has 1 unspecified atom stereocenters. The second-order valence-electron chi connectivity index (χ2n) is 6.23. The number of piperidine rings is 1. The van der Waals surface area contributed by atoms with Crippen molar-refractivity contribution in [2.75, 3.05) is 18.4 Å². The van der Waals surface area contributed by atoms with E-state index < -0.39 is 0 Å². The van der Waals surface area contributed by atoms with Gasteiger partial charge in [0.25, 0.3) is 0 Å². The molecule has 1 atom stereocenters. The number of hydrogen-bond acceptors (Lipinski definition) is 3. The summed E-state index contributed by atoms with van der Waals surface area (Å²) in [5.41, 5.74) is 3.43. The van der Waals surface area contributed by atoms with E-state index >= 15 is 0 Å². The molecule has 2 heterocycles.